The molecule has 0 amide bonds. The van der Waals surface area contributed by atoms with Gasteiger partial charge in [0.1, 0.15) is 16.6 Å². The molecule has 0 spiro atoms. The van der Waals surface area contributed by atoms with Gasteiger partial charge in [0.2, 0.25) is 0 Å². The van der Waals surface area contributed by atoms with E-state index in [1.165, 1.54) is 18.1 Å². The number of thioether (sulfide) groups is 1. The molecule has 0 aliphatic carbocycles. The lowest BCUT2D eigenvalue weighted by atomic mass is 10.1. The van der Waals surface area contributed by atoms with Crippen LogP contribution in [0.3, 0.4) is 0 Å². The van der Waals surface area contributed by atoms with Crippen molar-refractivity contribution in [2.45, 2.75) is 37.0 Å². The molecule has 1 atom stereocenters. The maximum Gasteiger partial charge on any atom is 0.316 e. The van der Waals surface area contributed by atoms with Crippen LogP contribution in [0.4, 0.5) is 0 Å². The number of hydrogen-bond donors (Lipinski definition) is 1. The van der Waals surface area contributed by atoms with Gasteiger partial charge in [0.05, 0.1) is 0 Å². The lowest BCUT2D eigenvalue weighted by Crippen LogP contribution is -2.11. The Morgan fingerprint density at radius 2 is 2.07 bits per heavy atom. The molecule has 0 aromatic carbocycles. The van der Waals surface area contributed by atoms with Crippen molar-refractivity contribution >= 4 is 17.7 Å². The fourth-order valence-corrected chi connectivity index (χ4v) is 1.73. The molecule has 4 nitrogen and oxygen atoms in total. The molecule has 82 valence electrons. The van der Waals surface area contributed by atoms with Gasteiger partial charge in [-0.25, -0.2) is 9.97 Å². The minimum atomic E-state index is -0.829. The summed E-state index contributed by atoms with van der Waals surface area (Å²) in [5.74, 6) is -0.503. The van der Waals surface area contributed by atoms with Crippen molar-refractivity contribution in [3.05, 3.63) is 18.1 Å². The molecule has 1 aromatic heterocycles. The van der Waals surface area contributed by atoms with E-state index in [4.69, 9.17) is 5.11 Å². The molecule has 0 saturated heterocycles. The first-order valence-electron chi connectivity index (χ1n) is 4.72. The van der Waals surface area contributed by atoms with Gasteiger partial charge in [0, 0.05) is 5.69 Å². The van der Waals surface area contributed by atoms with Gasteiger partial charge in [-0.1, -0.05) is 25.6 Å². The zero-order chi connectivity index (χ0) is 11.4. The van der Waals surface area contributed by atoms with Crippen molar-refractivity contribution in [2.24, 2.45) is 0 Å². The van der Waals surface area contributed by atoms with E-state index < -0.39 is 11.2 Å². The average Bonchev–Trinajstić information content (AvgIpc) is 2.18. The number of carbonyl (C=O) groups is 1. The fraction of sp³-hybridized carbons (Fsp3) is 0.500. The number of aromatic nitrogens is 2. The van der Waals surface area contributed by atoms with Gasteiger partial charge in [-0.2, -0.15) is 0 Å². The summed E-state index contributed by atoms with van der Waals surface area (Å²) in [5.41, 5.74) is 0.935. The van der Waals surface area contributed by atoms with Gasteiger partial charge in [0.15, 0.2) is 0 Å². The van der Waals surface area contributed by atoms with Crippen LogP contribution in [0.2, 0.25) is 0 Å². The van der Waals surface area contributed by atoms with E-state index >= 15 is 0 Å². The van der Waals surface area contributed by atoms with Gasteiger partial charge in [-0.15, -0.1) is 0 Å². The van der Waals surface area contributed by atoms with E-state index in [1.54, 1.807) is 6.92 Å². The standard InChI is InChI=1S/C10H14N2O2S/c1-6(2)8-4-9(12-5-11-8)15-7(3)10(13)14/h4-7H,1-3H3,(H,13,14). The van der Waals surface area contributed by atoms with Crippen LogP contribution in [0.1, 0.15) is 32.4 Å². The zero-order valence-corrected chi connectivity index (χ0v) is 9.78. The molecule has 0 fully saturated rings. The molecule has 1 unspecified atom stereocenters. The Morgan fingerprint density at radius 3 is 2.60 bits per heavy atom. The fourth-order valence-electron chi connectivity index (χ4n) is 0.965. The summed E-state index contributed by atoms with van der Waals surface area (Å²) < 4.78 is 0. The molecule has 0 saturated carbocycles. The third kappa shape index (κ3) is 3.51. The third-order valence-corrected chi connectivity index (χ3v) is 2.92. The molecule has 0 aliphatic heterocycles. The van der Waals surface area contributed by atoms with Crippen LogP contribution in [0.5, 0.6) is 0 Å². The third-order valence-electron chi connectivity index (χ3n) is 1.90. The van der Waals surface area contributed by atoms with Crippen molar-refractivity contribution in [3.63, 3.8) is 0 Å². The van der Waals surface area contributed by atoms with Crippen LogP contribution in [0, 0.1) is 0 Å². The van der Waals surface area contributed by atoms with Gasteiger partial charge in [-0.05, 0) is 18.9 Å². The highest BCUT2D eigenvalue weighted by molar-refractivity contribution is 8.00. The van der Waals surface area contributed by atoms with Gasteiger partial charge in [0.25, 0.3) is 0 Å². The van der Waals surface area contributed by atoms with Gasteiger partial charge in [-0.3, -0.25) is 4.79 Å². The normalized spacial score (nSPS) is 12.8. The first-order chi connectivity index (χ1) is 7.00. The first kappa shape index (κ1) is 12.0. The molecule has 5 heteroatoms. The predicted octanol–water partition coefficient (Wildman–Crippen LogP) is 2.17. The lowest BCUT2D eigenvalue weighted by Gasteiger charge is -2.07. The molecule has 1 N–H and O–H groups in total. The number of rotatable bonds is 4. The molecule has 0 aliphatic rings. The van der Waals surface area contributed by atoms with E-state index in [1.807, 2.05) is 19.9 Å². The molecule has 1 heterocycles. The number of carboxylic acids is 1. The molecular weight excluding hydrogens is 212 g/mol. The average molecular weight is 226 g/mol. The Labute approximate surface area is 93.1 Å². The second-order valence-corrected chi connectivity index (χ2v) is 4.90. The topological polar surface area (TPSA) is 63.1 Å². The van der Waals surface area contributed by atoms with Crippen molar-refractivity contribution < 1.29 is 9.90 Å². The Hall–Kier alpha value is -1.10. The summed E-state index contributed by atoms with van der Waals surface area (Å²) in [5, 5.41) is 8.98. The summed E-state index contributed by atoms with van der Waals surface area (Å²) >= 11 is 1.23. The Balaban J connectivity index is 2.78. The monoisotopic (exact) mass is 226 g/mol. The van der Waals surface area contributed by atoms with Crippen molar-refractivity contribution in [1.29, 1.82) is 0 Å². The molecular formula is C10H14N2O2S. The minimum Gasteiger partial charge on any atom is -0.480 e. The van der Waals surface area contributed by atoms with Crippen molar-refractivity contribution in [1.82, 2.24) is 9.97 Å². The highest BCUT2D eigenvalue weighted by Gasteiger charge is 2.14. The van der Waals surface area contributed by atoms with E-state index in [0.717, 1.165) is 5.69 Å². The van der Waals surface area contributed by atoms with Crippen LogP contribution < -0.4 is 0 Å². The Kier molecular flexibility index (Phi) is 4.08. The number of carboxylic acid groups (broad SMARTS) is 1. The minimum absolute atomic E-state index is 0.326. The van der Waals surface area contributed by atoms with Crippen LogP contribution in [-0.2, 0) is 4.79 Å². The van der Waals surface area contributed by atoms with Crippen molar-refractivity contribution in [2.75, 3.05) is 0 Å². The maximum absolute atomic E-state index is 10.7. The van der Waals surface area contributed by atoms with Crippen LogP contribution in [0.15, 0.2) is 17.4 Å². The highest BCUT2D eigenvalue weighted by atomic mass is 32.2. The lowest BCUT2D eigenvalue weighted by molar-refractivity contribution is -0.136. The van der Waals surface area contributed by atoms with E-state index in [-0.39, 0.29) is 0 Å². The number of aliphatic carboxylic acids is 1. The zero-order valence-electron chi connectivity index (χ0n) is 8.97. The second-order valence-electron chi connectivity index (χ2n) is 3.53. The highest BCUT2D eigenvalue weighted by Crippen LogP contribution is 2.23. The molecule has 1 rings (SSSR count). The summed E-state index contributed by atoms with van der Waals surface area (Å²) in [7, 11) is 0. The predicted molar refractivity (Wildman–Crippen MR) is 59.1 cm³/mol. The van der Waals surface area contributed by atoms with E-state index in [2.05, 4.69) is 9.97 Å². The maximum atomic E-state index is 10.7. The summed E-state index contributed by atoms with van der Waals surface area (Å²) in [4.78, 5) is 18.8. The van der Waals surface area contributed by atoms with Crippen LogP contribution in [-0.4, -0.2) is 26.3 Å². The van der Waals surface area contributed by atoms with Crippen LogP contribution >= 0.6 is 11.8 Å². The molecule has 0 bridgehead atoms. The van der Waals surface area contributed by atoms with Crippen LogP contribution in [0.25, 0.3) is 0 Å². The molecule has 0 radical (unpaired) electrons. The smallest absolute Gasteiger partial charge is 0.316 e. The summed E-state index contributed by atoms with van der Waals surface area (Å²) in [6.07, 6.45) is 1.48. The van der Waals surface area contributed by atoms with Gasteiger partial charge < -0.3 is 5.11 Å². The SMILES string of the molecule is CC(Sc1cc(C(C)C)ncn1)C(=O)O. The van der Waals surface area contributed by atoms with Crippen molar-refractivity contribution in [3.8, 4) is 0 Å². The first-order valence-corrected chi connectivity index (χ1v) is 5.60. The molecule has 15 heavy (non-hydrogen) atoms. The molecule has 1 aromatic rings. The van der Waals surface area contributed by atoms with E-state index in [0.29, 0.717) is 10.9 Å². The Bertz CT molecular complexity index is 355. The number of hydrogen-bond acceptors (Lipinski definition) is 4. The summed E-state index contributed by atoms with van der Waals surface area (Å²) in [6.45, 7) is 5.72. The van der Waals surface area contributed by atoms with Gasteiger partial charge >= 0.3 is 5.97 Å². The second kappa shape index (κ2) is 5.11. The largest absolute Gasteiger partial charge is 0.480 e. The van der Waals surface area contributed by atoms with E-state index in [9.17, 15) is 4.79 Å². The number of nitrogens with zero attached hydrogens (tertiary/aromatic N) is 2. The Morgan fingerprint density at radius 1 is 1.40 bits per heavy atom. The summed E-state index contributed by atoms with van der Waals surface area (Å²) in [6, 6.07) is 1.84. The quantitative estimate of drug-likeness (QED) is 0.629.